The van der Waals surface area contributed by atoms with Crippen LogP contribution in [0, 0.1) is 0 Å². The van der Waals surface area contributed by atoms with Crippen LogP contribution < -0.4 is 10.6 Å². The summed E-state index contributed by atoms with van der Waals surface area (Å²) in [7, 11) is -4.27. The van der Waals surface area contributed by atoms with E-state index in [2.05, 4.69) is 10.6 Å². The van der Waals surface area contributed by atoms with Gasteiger partial charge < -0.3 is 25.4 Å². The monoisotopic (exact) mass is 578 g/mol. The molecule has 1 fully saturated rings. The third-order valence-corrected chi connectivity index (χ3v) is 8.24. The number of carbonyl (C=O) groups excluding carboxylic acids is 2. The van der Waals surface area contributed by atoms with E-state index in [1.807, 2.05) is 0 Å². The minimum Gasteiger partial charge on any atom is -0.504 e. The minimum atomic E-state index is -4.27. The van der Waals surface area contributed by atoms with Crippen LogP contribution in [-0.4, -0.2) is 66.6 Å². The van der Waals surface area contributed by atoms with Crippen LogP contribution in [-0.2, 0) is 14.8 Å². The number of phenols is 1. The van der Waals surface area contributed by atoms with Crippen LogP contribution in [0.25, 0.3) is 0 Å². The number of ether oxygens (including phenoxy) is 1. The number of rotatable bonds is 4. The molecule has 1 aliphatic heterocycles. The van der Waals surface area contributed by atoms with E-state index in [9.17, 15) is 23.1 Å². The number of nitrogens with zero attached hydrogens (tertiary/aromatic N) is 2. The van der Waals surface area contributed by atoms with Gasteiger partial charge in [-0.05, 0) is 45.0 Å². The Morgan fingerprint density at radius 3 is 2.17 bits per heavy atom. The van der Waals surface area contributed by atoms with Crippen molar-refractivity contribution in [2.75, 3.05) is 36.8 Å². The van der Waals surface area contributed by atoms with Crippen LogP contribution in [0.3, 0.4) is 0 Å². The maximum atomic E-state index is 13.3. The number of sulfonamides is 1. The molecule has 2 aromatic rings. The molecule has 3 rings (SSSR count). The van der Waals surface area contributed by atoms with E-state index in [0.717, 1.165) is 4.31 Å². The van der Waals surface area contributed by atoms with Gasteiger partial charge in [0.15, 0.2) is 5.75 Å². The molecule has 1 saturated heterocycles. The average molecular weight is 580 g/mol. The summed E-state index contributed by atoms with van der Waals surface area (Å²) in [6.07, 6.45) is -0.544. The Bertz CT molecular complexity index is 1280. The van der Waals surface area contributed by atoms with E-state index < -0.39 is 38.4 Å². The standard InChI is InChI=1S/C22H25Cl3N4O6S/c1-22(2,3)35-21(32)28-9-11-29(12-10-28)36(33,34)19-14(24)7-8-16(18(19)30)27-20(31)26-15-6-4-5-13(23)17(15)25/h4-8,30H,9-12H2,1-3H3,(H2,26,27,31). The van der Waals surface area contributed by atoms with E-state index in [0.29, 0.717) is 0 Å². The van der Waals surface area contributed by atoms with Gasteiger partial charge in [-0.3, -0.25) is 0 Å². The Hall–Kier alpha value is -2.44. The summed E-state index contributed by atoms with van der Waals surface area (Å²) in [5.41, 5.74) is -0.663. The largest absolute Gasteiger partial charge is 0.504 e. The maximum absolute atomic E-state index is 13.3. The lowest BCUT2D eigenvalue weighted by Crippen LogP contribution is -2.51. The third kappa shape index (κ3) is 6.46. The highest BCUT2D eigenvalue weighted by atomic mass is 35.5. The van der Waals surface area contributed by atoms with Crippen molar-refractivity contribution in [3.8, 4) is 5.75 Å². The van der Waals surface area contributed by atoms with E-state index in [4.69, 9.17) is 39.5 Å². The van der Waals surface area contributed by atoms with E-state index in [1.54, 1.807) is 32.9 Å². The molecule has 0 aliphatic carbocycles. The van der Waals surface area contributed by atoms with Gasteiger partial charge >= 0.3 is 12.1 Å². The SMILES string of the molecule is CC(C)(C)OC(=O)N1CCN(S(=O)(=O)c2c(Cl)ccc(NC(=O)Nc3cccc(Cl)c3Cl)c2O)CC1. The predicted molar refractivity (Wildman–Crippen MR) is 139 cm³/mol. The van der Waals surface area contributed by atoms with Crippen molar-refractivity contribution in [2.24, 2.45) is 0 Å². The lowest BCUT2D eigenvalue weighted by Gasteiger charge is -2.35. The lowest BCUT2D eigenvalue weighted by atomic mass is 10.2. The quantitative estimate of drug-likeness (QED) is 0.425. The molecule has 0 unspecified atom stereocenters. The summed E-state index contributed by atoms with van der Waals surface area (Å²) < 4.78 is 33.1. The van der Waals surface area contributed by atoms with E-state index >= 15 is 0 Å². The Morgan fingerprint density at radius 2 is 1.56 bits per heavy atom. The van der Waals surface area contributed by atoms with Crippen LogP contribution in [0.2, 0.25) is 15.1 Å². The number of phenolic OH excluding ortho intramolecular Hbond substituents is 1. The predicted octanol–water partition coefficient (Wildman–Crippen LogP) is 5.24. The molecule has 10 nitrogen and oxygen atoms in total. The van der Waals surface area contributed by atoms with Gasteiger partial charge in [-0.1, -0.05) is 40.9 Å². The molecule has 3 N–H and O–H groups in total. The Morgan fingerprint density at radius 1 is 0.944 bits per heavy atom. The zero-order chi connectivity index (χ0) is 26.8. The molecule has 0 bridgehead atoms. The summed E-state index contributed by atoms with van der Waals surface area (Å²) in [4.78, 5) is 25.6. The van der Waals surface area contributed by atoms with Crippen LogP contribution in [0.5, 0.6) is 5.75 Å². The highest BCUT2D eigenvalue weighted by Gasteiger charge is 2.35. The molecular weight excluding hydrogens is 555 g/mol. The molecule has 0 radical (unpaired) electrons. The van der Waals surface area contributed by atoms with Gasteiger partial charge in [0.1, 0.15) is 10.5 Å². The molecule has 1 heterocycles. The molecule has 36 heavy (non-hydrogen) atoms. The lowest BCUT2D eigenvalue weighted by molar-refractivity contribution is 0.0192. The zero-order valence-electron chi connectivity index (χ0n) is 19.6. The van der Waals surface area contributed by atoms with Gasteiger partial charge in [0.2, 0.25) is 10.0 Å². The summed E-state index contributed by atoms with van der Waals surface area (Å²) in [5, 5.41) is 15.7. The highest BCUT2D eigenvalue weighted by Crippen LogP contribution is 2.39. The fourth-order valence-corrected chi connectivity index (χ4v) is 5.70. The normalized spacial score (nSPS) is 14.9. The molecule has 1 aliphatic rings. The van der Waals surface area contributed by atoms with Gasteiger partial charge in [-0.2, -0.15) is 4.31 Å². The number of benzene rings is 2. The molecule has 196 valence electrons. The summed E-state index contributed by atoms with van der Waals surface area (Å²) in [6, 6.07) is 6.34. The topological polar surface area (TPSA) is 128 Å². The molecular formula is C22H25Cl3N4O6S. The smallest absolute Gasteiger partial charge is 0.410 e. The number of hydrogen-bond acceptors (Lipinski definition) is 6. The molecule has 0 spiro atoms. The zero-order valence-corrected chi connectivity index (χ0v) is 22.7. The van der Waals surface area contributed by atoms with Gasteiger partial charge in [0.05, 0.1) is 26.4 Å². The first kappa shape index (κ1) is 28.1. The van der Waals surface area contributed by atoms with E-state index in [-0.39, 0.29) is 52.6 Å². The highest BCUT2D eigenvalue weighted by molar-refractivity contribution is 7.89. The second kappa shape index (κ2) is 10.9. The van der Waals surface area contributed by atoms with Crippen molar-refractivity contribution >= 4 is 68.3 Å². The van der Waals surface area contributed by atoms with Gasteiger partial charge in [-0.25, -0.2) is 18.0 Å². The Kier molecular flexibility index (Phi) is 8.51. The van der Waals surface area contributed by atoms with Gasteiger partial charge in [0, 0.05) is 26.2 Å². The van der Waals surface area contributed by atoms with Crippen molar-refractivity contribution in [2.45, 2.75) is 31.3 Å². The van der Waals surface area contributed by atoms with Crippen LogP contribution in [0.1, 0.15) is 20.8 Å². The molecule has 14 heteroatoms. The van der Waals surface area contributed by atoms with Crippen molar-refractivity contribution in [3.63, 3.8) is 0 Å². The molecule has 2 aromatic carbocycles. The molecule has 0 saturated carbocycles. The second-order valence-corrected chi connectivity index (χ2v) is 11.9. The number of hydrogen-bond donors (Lipinski definition) is 3. The van der Waals surface area contributed by atoms with Crippen molar-refractivity contribution in [1.82, 2.24) is 9.21 Å². The number of piperazine rings is 1. The summed E-state index contributed by atoms with van der Waals surface area (Å²) >= 11 is 18.2. The number of nitrogens with one attached hydrogen (secondary N) is 2. The third-order valence-electron chi connectivity index (χ3n) is 5.02. The van der Waals surface area contributed by atoms with Crippen molar-refractivity contribution < 1.29 is 27.9 Å². The first-order valence-corrected chi connectivity index (χ1v) is 13.3. The number of carbonyl (C=O) groups is 2. The van der Waals surface area contributed by atoms with Crippen LogP contribution in [0.4, 0.5) is 21.0 Å². The number of amides is 3. The number of halogens is 3. The summed E-state index contributed by atoms with van der Waals surface area (Å²) in [6.45, 7) is 5.32. The van der Waals surface area contributed by atoms with Crippen LogP contribution >= 0.6 is 34.8 Å². The molecule has 0 atom stereocenters. The number of aromatic hydroxyl groups is 1. The Balaban J connectivity index is 1.76. The van der Waals surface area contributed by atoms with E-state index in [1.165, 1.54) is 23.1 Å². The van der Waals surface area contributed by atoms with Gasteiger partial charge in [-0.15, -0.1) is 0 Å². The summed E-state index contributed by atoms with van der Waals surface area (Å²) in [5.74, 6) is -0.732. The maximum Gasteiger partial charge on any atom is 0.410 e. The fraction of sp³-hybridized carbons (Fsp3) is 0.364. The minimum absolute atomic E-state index is 0.0389. The molecule has 3 amide bonds. The second-order valence-electron chi connectivity index (χ2n) is 8.82. The molecule has 0 aromatic heterocycles. The van der Waals surface area contributed by atoms with Crippen molar-refractivity contribution in [1.29, 1.82) is 0 Å². The first-order chi connectivity index (χ1) is 16.7. The number of anilines is 2. The first-order valence-electron chi connectivity index (χ1n) is 10.7. The number of urea groups is 1. The average Bonchev–Trinajstić information content (AvgIpc) is 2.78. The van der Waals surface area contributed by atoms with Gasteiger partial charge in [0.25, 0.3) is 0 Å². The van der Waals surface area contributed by atoms with Crippen molar-refractivity contribution in [3.05, 3.63) is 45.4 Å². The van der Waals surface area contributed by atoms with Crippen LogP contribution in [0.15, 0.2) is 35.2 Å². The Labute approximate surface area is 224 Å². The fourth-order valence-electron chi connectivity index (χ4n) is 3.34.